The molecule has 8 heteroatoms. The summed E-state index contributed by atoms with van der Waals surface area (Å²) < 4.78 is 52.6. The van der Waals surface area contributed by atoms with Crippen LogP contribution in [0, 0.1) is 11.7 Å². The summed E-state index contributed by atoms with van der Waals surface area (Å²) in [4.78, 5) is 4.54. The number of H-pyrrole nitrogens is 1. The zero-order valence-corrected chi connectivity index (χ0v) is 14.6. The number of fused-ring (bicyclic) bond motifs is 1. The number of alkyl halides is 3. The minimum atomic E-state index is -4.13. The third-order valence-electron chi connectivity index (χ3n) is 5.14. The fraction of sp³-hybridized carbons (Fsp3) is 0.450. The van der Waals surface area contributed by atoms with Gasteiger partial charge in [0.2, 0.25) is 0 Å². The zero-order chi connectivity index (χ0) is 19.0. The standard InChI is InChI=1S/C19H20F4N4.CH4/c20-15-1-2-16-17(9-24-18(16)7-15)14-8-25-27(11-14)10-13-3-5-26(6-4-13)12-19(21,22)23;/h1-2,7-9,11,13,24H,3-6,10,12H2;1H4. The van der Waals surface area contributed by atoms with E-state index in [9.17, 15) is 17.6 Å². The predicted molar refractivity (Wildman–Crippen MR) is 101 cm³/mol. The van der Waals surface area contributed by atoms with Gasteiger partial charge < -0.3 is 4.98 Å². The molecule has 2 aromatic heterocycles. The molecule has 1 aliphatic rings. The first-order valence-electron chi connectivity index (χ1n) is 8.96. The summed E-state index contributed by atoms with van der Waals surface area (Å²) >= 11 is 0. The van der Waals surface area contributed by atoms with Crippen molar-refractivity contribution in [3.63, 3.8) is 0 Å². The number of aromatic amines is 1. The summed E-state index contributed by atoms with van der Waals surface area (Å²) in [6.07, 6.45) is 2.88. The average Bonchev–Trinajstić information content (AvgIpc) is 3.21. The largest absolute Gasteiger partial charge is 0.401 e. The van der Waals surface area contributed by atoms with Crippen molar-refractivity contribution in [2.24, 2.45) is 5.92 Å². The Morgan fingerprint density at radius 3 is 2.64 bits per heavy atom. The van der Waals surface area contributed by atoms with Crippen LogP contribution in [0.4, 0.5) is 17.6 Å². The van der Waals surface area contributed by atoms with Gasteiger partial charge in [0.05, 0.1) is 12.7 Å². The van der Waals surface area contributed by atoms with Crippen molar-refractivity contribution < 1.29 is 17.6 Å². The molecule has 28 heavy (non-hydrogen) atoms. The van der Waals surface area contributed by atoms with Gasteiger partial charge in [0.15, 0.2) is 0 Å². The second kappa shape index (κ2) is 7.95. The van der Waals surface area contributed by atoms with Gasteiger partial charge in [-0.25, -0.2) is 4.39 Å². The Balaban J connectivity index is 0.00000225. The molecule has 0 spiro atoms. The van der Waals surface area contributed by atoms with Crippen LogP contribution < -0.4 is 0 Å². The third kappa shape index (κ3) is 4.55. The highest BCUT2D eigenvalue weighted by Gasteiger charge is 2.32. The highest BCUT2D eigenvalue weighted by Crippen LogP contribution is 2.29. The first kappa shape index (κ1) is 20.4. The van der Waals surface area contributed by atoms with E-state index in [1.807, 2.05) is 17.1 Å². The van der Waals surface area contributed by atoms with Crippen molar-refractivity contribution in [2.75, 3.05) is 19.6 Å². The summed E-state index contributed by atoms with van der Waals surface area (Å²) in [5.41, 5.74) is 2.62. The fourth-order valence-corrected chi connectivity index (χ4v) is 3.78. The quantitative estimate of drug-likeness (QED) is 0.625. The molecule has 4 nitrogen and oxygen atoms in total. The molecule has 1 N–H and O–H groups in total. The highest BCUT2D eigenvalue weighted by molar-refractivity contribution is 5.95. The lowest BCUT2D eigenvalue weighted by Crippen LogP contribution is -2.40. The molecule has 0 amide bonds. The lowest BCUT2D eigenvalue weighted by Gasteiger charge is -2.32. The summed E-state index contributed by atoms with van der Waals surface area (Å²) in [5, 5.41) is 5.33. The maximum absolute atomic E-state index is 13.3. The monoisotopic (exact) mass is 396 g/mol. The minimum Gasteiger partial charge on any atom is -0.360 e. The van der Waals surface area contributed by atoms with Gasteiger partial charge in [0.1, 0.15) is 5.82 Å². The normalized spacial score (nSPS) is 16.4. The second-order valence-electron chi connectivity index (χ2n) is 7.18. The number of rotatable bonds is 4. The predicted octanol–water partition coefficient (Wildman–Crippen LogP) is 5.08. The van der Waals surface area contributed by atoms with Crippen molar-refractivity contribution in [3.05, 3.63) is 42.6 Å². The first-order chi connectivity index (χ1) is 12.9. The van der Waals surface area contributed by atoms with Crippen LogP contribution in [-0.2, 0) is 6.54 Å². The Bertz CT molecular complexity index is 920. The van der Waals surface area contributed by atoms with E-state index >= 15 is 0 Å². The molecule has 0 radical (unpaired) electrons. The fourth-order valence-electron chi connectivity index (χ4n) is 3.78. The Morgan fingerprint density at radius 2 is 1.93 bits per heavy atom. The van der Waals surface area contributed by atoms with Crippen LogP contribution >= 0.6 is 0 Å². The molecule has 3 heterocycles. The Labute approximate surface area is 161 Å². The van der Waals surface area contributed by atoms with Crippen LogP contribution in [0.3, 0.4) is 0 Å². The Morgan fingerprint density at radius 1 is 1.18 bits per heavy atom. The van der Waals surface area contributed by atoms with Crippen molar-refractivity contribution in [3.8, 4) is 11.1 Å². The average molecular weight is 396 g/mol. The van der Waals surface area contributed by atoms with Crippen molar-refractivity contribution in [2.45, 2.75) is 33.0 Å². The molecule has 1 saturated heterocycles. The molecular weight excluding hydrogens is 372 g/mol. The SMILES string of the molecule is C.Fc1ccc2c(-c3cnn(CC4CCN(CC(F)(F)F)CC4)c3)c[nH]c2c1. The van der Waals surface area contributed by atoms with E-state index < -0.39 is 12.7 Å². The van der Waals surface area contributed by atoms with Crippen LogP contribution in [-0.4, -0.2) is 45.5 Å². The third-order valence-corrected chi connectivity index (χ3v) is 5.14. The molecule has 0 aliphatic carbocycles. The first-order valence-corrected chi connectivity index (χ1v) is 8.96. The summed E-state index contributed by atoms with van der Waals surface area (Å²) in [5.74, 6) is 0.0303. The van der Waals surface area contributed by atoms with Gasteiger partial charge >= 0.3 is 6.18 Å². The molecule has 1 aromatic carbocycles. The van der Waals surface area contributed by atoms with Crippen LogP contribution in [0.1, 0.15) is 20.3 Å². The molecule has 0 atom stereocenters. The molecule has 1 fully saturated rings. The van der Waals surface area contributed by atoms with E-state index in [1.165, 1.54) is 17.0 Å². The van der Waals surface area contributed by atoms with Gasteiger partial charge in [0.25, 0.3) is 0 Å². The van der Waals surface area contributed by atoms with Gasteiger partial charge in [0, 0.05) is 41.0 Å². The van der Waals surface area contributed by atoms with Crippen molar-refractivity contribution in [1.29, 1.82) is 0 Å². The van der Waals surface area contributed by atoms with Gasteiger partial charge in [-0.2, -0.15) is 18.3 Å². The molecule has 152 valence electrons. The molecular formula is C20H24F4N4. The lowest BCUT2D eigenvalue weighted by atomic mass is 9.97. The minimum absolute atomic E-state index is 0. The van der Waals surface area contributed by atoms with E-state index in [2.05, 4.69) is 10.1 Å². The summed E-state index contributed by atoms with van der Waals surface area (Å²) in [6, 6.07) is 4.63. The molecule has 0 saturated carbocycles. The Kier molecular flexibility index (Phi) is 5.79. The highest BCUT2D eigenvalue weighted by atomic mass is 19.4. The maximum Gasteiger partial charge on any atom is 0.401 e. The van der Waals surface area contributed by atoms with E-state index in [4.69, 9.17) is 0 Å². The van der Waals surface area contributed by atoms with Crippen molar-refractivity contribution in [1.82, 2.24) is 19.7 Å². The van der Waals surface area contributed by atoms with Gasteiger partial charge in [-0.3, -0.25) is 9.58 Å². The van der Waals surface area contributed by atoms with Crippen molar-refractivity contribution >= 4 is 10.9 Å². The second-order valence-corrected chi connectivity index (χ2v) is 7.18. The van der Waals surface area contributed by atoms with Gasteiger partial charge in [-0.05, 0) is 50.0 Å². The van der Waals surface area contributed by atoms with E-state index in [1.54, 1.807) is 12.3 Å². The van der Waals surface area contributed by atoms with Crippen LogP contribution in [0.25, 0.3) is 22.0 Å². The summed E-state index contributed by atoms with van der Waals surface area (Å²) in [7, 11) is 0. The van der Waals surface area contributed by atoms with Crippen LogP contribution in [0.2, 0.25) is 0 Å². The molecule has 0 unspecified atom stereocenters. The molecule has 3 aromatic rings. The lowest BCUT2D eigenvalue weighted by molar-refractivity contribution is -0.148. The molecule has 4 rings (SSSR count). The van der Waals surface area contributed by atoms with Gasteiger partial charge in [-0.15, -0.1) is 0 Å². The van der Waals surface area contributed by atoms with E-state index in [0.29, 0.717) is 25.6 Å². The zero-order valence-electron chi connectivity index (χ0n) is 14.6. The summed E-state index contributed by atoms with van der Waals surface area (Å²) in [6.45, 7) is 0.794. The number of piperidine rings is 1. The number of hydrogen-bond donors (Lipinski definition) is 1. The number of nitrogens with zero attached hydrogens (tertiary/aromatic N) is 3. The number of hydrogen-bond acceptors (Lipinski definition) is 2. The number of benzene rings is 1. The number of aromatic nitrogens is 3. The van der Waals surface area contributed by atoms with Crippen LogP contribution in [0.15, 0.2) is 36.8 Å². The Hall–Kier alpha value is -2.35. The smallest absolute Gasteiger partial charge is 0.360 e. The maximum atomic E-state index is 13.3. The topological polar surface area (TPSA) is 36.9 Å². The molecule has 1 aliphatic heterocycles. The van der Waals surface area contributed by atoms with Gasteiger partial charge in [-0.1, -0.05) is 7.43 Å². The van der Waals surface area contributed by atoms with E-state index in [0.717, 1.165) is 34.9 Å². The molecule has 0 bridgehead atoms. The number of halogens is 4. The van der Waals surface area contributed by atoms with E-state index in [-0.39, 0.29) is 13.2 Å². The number of likely N-dealkylation sites (tertiary alicyclic amines) is 1. The van der Waals surface area contributed by atoms with Crippen LogP contribution in [0.5, 0.6) is 0 Å². The number of nitrogens with one attached hydrogen (secondary N) is 1.